The highest BCUT2D eigenvalue weighted by atomic mass is 19.1. The molecule has 4 nitrogen and oxygen atoms in total. The standard InChI is InChI=1S/C21H27FN2O2/c22-17-6-8-18(9-7-17)24-20(25)14-19(21(24)26)23-12-10-16(11-13-23)15-4-2-1-3-5-15/h6-9,15-16,19H,1-5,10-14H2. The van der Waals surface area contributed by atoms with Gasteiger partial charge in [0, 0.05) is 0 Å². The van der Waals surface area contributed by atoms with Crippen LogP contribution in [0.1, 0.15) is 51.4 Å². The van der Waals surface area contributed by atoms with Crippen LogP contribution >= 0.6 is 0 Å². The van der Waals surface area contributed by atoms with E-state index in [1.54, 1.807) is 0 Å². The fraction of sp³-hybridized carbons (Fsp3) is 0.619. The zero-order valence-corrected chi connectivity index (χ0v) is 15.2. The van der Waals surface area contributed by atoms with Crippen LogP contribution in [0.4, 0.5) is 10.1 Å². The highest BCUT2D eigenvalue weighted by Crippen LogP contribution is 2.37. The van der Waals surface area contributed by atoms with Gasteiger partial charge in [0.05, 0.1) is 18.2 Å². The number of anilines is 1. The van der Waals surface area contributed by atoms with Crippen LogP contribution in [-0.4, -0.2) is 35.8 Å². The molecule has 1 atom stereocenters. The lowest BCUT2D eigenvalue weighted by molar-refractivity contribution is -0.123. The number of benzene rings is 1. The zero-order chi connectivity index (χ0) is 18.1. The lowest BCUT2D eigenvalue weighted by Crippen LogP contribution is -2.46. The Balaban J connectivity index is 1.39. The van der Waals surface area contributed by atoms with Crippen molar-refractivity contribution in [1.29, 1.82) is 0 Å². The van der Waals surface area contributed by atoms with Gasteiger partial charge in [0.1, 0.15) is 5.82 Å². The van der Waals surface area contributed by atoms with Gasteiger partial charge in [0.2, 0.25) is 5.91 Å². The second-order valence-electron chi connectivity index (χ2n) is 8.04. The van der Waals surface area contributed by atoms with Crippen LogP contribution in [-0.2, 0) is 9.59 Å². The Morgan fingerprint density at radius 2 is 1.46 bits per heavy atom. The summed E-state index contributed by atoms with van der Waals surface area (Å²) in [5.74, 6) is 0.947. The summed E-state index contributed by atoms with van der Waals surface area (Å²) in [5.41, 5.74) is 0.473. The maximum atomic E-state index is 13.1. The Morgan fingerprint density at radius 1 is 0.846 bits per heavy atom. The number of hydrogen-bond donors (Lipinski definition) is 0. The molecule has 5 heteroatoms. The summed E-state index contributed by atoms with van der Waals surface area (Å²) in [4.78, 5) is 28.7. The molecule has 0 N–H and O–H groups in total. The Hall–Kier alpha value is -1.75. The molecule has 140 valence electrons. The van der Waals surface area contributed by atoms with Gasteiger partial charge in [-0.25, -0.2) is 9.29 Å². The number of halogens is 1. The molecule has 1 saturated carbocycles. The Morgan fingerprint density at radius 3 is 2.12 bits per heavy atom. The summed E-state index contributed by atoms with van der Waals surface area (Å²) < 4.78 is 13.1. The van der Waals surface area contributed by atoms with Crippen molar-refractivity contribution in [1.82, 2.24) is 4.90 Å². The van der Waals surface area contributed by atoms with Crippen molar-refractivity contribution in [2.45, 2.75) is 57.4 Å². The van der Waals surface area contributed by atoms with Gasteiger partial charge in [-0.1, -0.05) is 32.1 Å². The molecule has 0 aromatic heterocycles. The molecule has 0 bridgehead atoms. The highest BCUT2D eigenvalue weighted by Gasteiger charge is 2.43. The monoisotopic (exact) mass is 358 g/mol. The third-order valence-corrected chi connectivity index (χ3v) is 6.54. The van der Waals surface area contributed by atoms with E-state index in [2.05, 4.69) is 4.90 Å². The number of imide groups is 1. The highest BCUT2D eigenvalue weighted by molar-refractivity contribution is 6.22. The lowest BCUT2D eigenvalue weighted by Gasteiger charge is -2.39. The number of hydrogen-bond acceptors (Lipinski definition) is 3. The van der Waals surface area contributed by atoms with Crippen molar-refractivity contribution in [3.8, 4) is 0 Å². The van der Waals surface area contributed by atoms with E-state index in [1.165, 1.54) is 61.3 Å². The Labute approximate surface area is 154 Å². The van der Waals surface area contributed by atoms with Gasteiger partial charge in [0.25, 0.3) is 5.91 Å². The first-order chi connectivity index (χ1) is 12.6. The van der Waals surface area contributed by atoms with Crippen molar-refractivity contribution >= 4 is 17.5 Å². The predicted octanol–water partition coefficient (Wildman–Crippen LogP) is 3.75. The topological polar surface area (TPSA) is 40.6 Å². The molecule has 2 aliphatic heterocycles. The Bertz CT molecular complexity index is 661. The second kappa shape index (κ2) is 7.47. The average Bonchev–Trinajstić information content (AvgIpc) is 2.98. The van der Waals surface area contributed by atoms with E-state index in [9.17, 15) is 14.0 Å². The number of carbonyl (C=O) groups excluding carboxylic acids is 2. The molecule has 1 aliphatic carbocycles. The summed E-state index contributed by atoms with van der Waals surface area (Å²) >= 11 is 0. The van der Waals surface area contributed by atoms with E-state index >= 15 is 0 Å². The molecule has 1 aromatic rings. The van der Waals surface area contributed by atoms with Crippen molar-refractivity contribution in [2.24, 2.45) is 11.8 Å². The van der Waals surface area contributed by atoms with Crippen molar-refractivity contribution < 1.29 is 14.0 Å². The molecule has 3 aliphatic rings. The van der Waals surface area contributed by atoms with E-state index in [0.717, 1.165) is 37.8 Å². The summed E-state index contributed by atoms with van der Waals surface area (Å²) in [6.45, 7) is 1.81. The van der Waals surface area contributed by atoms with Crippen LogP contribution in [0.2, 0.25) is 0 Å². The van der Waals surface area contributed by atoms with Crippen LogP contribution < -0.4 is 4.90 Å². The van der Waals surface area contributed by atoms with Crippen molar-refractivity contribution in [2.75, 3.05) is 18.0 Å². The predicted molar refractivity (Wildman–Crippen MR) is 98.2 cm³/mol. The molecule has 3 fully saturated rings. The quantitative estimate of drug-likeness (QED) is 0.773. The molecule has 2 heterocycles. The minimum absolute atomic E-state index is 0.155. The van der Waals surface area contributed by atoms with E-state index < -0.39 is 0 Å². The fourth-order valence-corrected chi connectivity index (χ4v) is 5.07. The SMILES string of the molecule is O=C1CC(N2CCC(C3CCCCC3)CC2)C(=O)N1c1ccc(F)cc1. The van der Waals surface area contributed by atoms with Crippen LogP contribution in [0, 0.1) is 17.7 Å². The maximum Gasteiger partial charge on any atom is 0.251 e. The molecule has 4 rings (SSSR count). The summed E-state index contributed by atoms with van der Waals surface area (Å²) in [7, 11) is 0. The molecule has 1 aromatic carbocycles. The molecule has 2 saturated heterocycles. The van der Waals surface area contributed by atoms with Crippen LogP contribution in [0.5, 0.6) is 0 Å². The molecule has 0 spiro atoms. The van der Waals surface area contributed by atoms with Crippen molar-refractivity contribution in [3.05, 3.63) is 30.1 Å². The van der Waals surface area contributed by atoms with Crippen LogP contribution in [0.15, 0.2) is 24.3 Å². The van der Waals surface area contributed by atoms with Gasteiger partial charge in [-0.2, -0.15) is 0 Å². The van der Waals surface area contributed by atoms with Crippen LogP contribution in [0.3, 0.4) is 0 Å². The summed E-state index contributed by atoms with van der Waals surface area (Å²) in [6.07, 6.45) is 9.36. The number of amides is 2. The number of piperidine rings is 1. The van der Waals surface area contributed by atoms with Crippen molar-refractivity contribution in [3.63, 3.8) is 0 Å². The van der Waals surface area contributed by atoms with E-state index in [4.69, 9.17) is 0 Å². The molecule has 0 radical (unpaired) electrons. The summed E-state index contributed by atoms with van der Waals surface area (Å²) in [6, 6.07) is 5.24. The first-order valence-corrected chi connectivity index (χ1v) is 10.00. The smallest absolute Gasteiger partial charge is 0.251 e. The molecule has 2 amide bonds. The fourth-order valence-electron chi connectivity index (χ4n) is 5.07. The maximum absolute atomic E-state index is 13.1. The second-order valence-corrected chi connectivity index (χ2v) is 8.04. The molecular weight excluding hydrogens is 331 g/mol. The Kier molecular flexibility index (Phi) is 5.07. The first kappa shape index (κ1) is 17.7. The normalized spacial score (nSPS) is 26.7. The van der Waals surface area contributed by atoms with Gasteiger partial charge < -0.3 is 0 Å². The van der Waals surface area contributed by atoms with E-state index in [-0.39, 0.29) is 30.1 Å². The van der Waals surface area contributed by atoms with E-state index in [0.29, 0.717) is 5.69 Å². The zero-order valence-electron chi connectivity index (χ0n) is 15.2. The van der Waals surface area contributed by atoms with Gasteiger partial charge in [0.15, 0.2) is 0 Å². The third kappa shape index (κ3) is 3.41. The molecular formula is C21H27FN2O2. The summed E-state index contributed by atoms with van der Waals surface area (Å²) in [5, 5.41) is 0. The van der Waals surface area contributed by atoms with E-state index in [1.807, 2.05) is 0 Å². The number of rotatable bonds is 3. The largest absolute Gasteiger partial charge is 0.292 e. The molecule has 1 unspecified atom stereocenters. The van der Waals surface area contributed by atoms with Gasteiger partial charge in [-0.15, -0.1) is 0 Å². The lowest BCUT2D eigenvalue weighted by atomic mass is 9.75. The van der Waals surface area contributed by atoms with Gasteiger partial charge in [-0.05, 0) is 62.0 Å². The number of carbonyl (C=O) groups is 2. The third-order valence-electron chi connectivity index (χ3n) is 6.54. The first-order valence-electron chi connectivity index (χ1n) is 10.00. The minimum Gasteiger partial charge on any atom is -0.292 e. The van der Waals surface area contributed by atoms with Gasteiger partial charge in [-0.3, -0.25) is 14.5 Å². The minimum atomic E-state index is -0.367. The average molecular weight is 358 g/mol. The number of nitrogens with zero attached hydrogens (tertiary/aromatic N) is 2. The van der Waals surface area contributed by atoms with Gasteiger partial charge >= 0.3 is 0 Å². The van der Waals surface area contributed by atoms with Crippen LogP contribution in [0.25, 0.3) is 0 Å². The number of likely N-dealkylation sites (tertiary alicyclic amines) is 1. The molecule has 26 heavy (non-hydrogen) atoms.